The van der Waals surface area contributed by atoms with Crippen molar-refractivity contribution in [3.05, 3.63) is 29.3 Å². The van der Waals surface area contributed by atoms with E-state index in [1.54, 1.807) is 19.1 Å². The molecule has 1 aromatic carbocycles. The van der Waals surface area contributed by atoms with Gasteiger partial charge in [0.15, 0.2) is 5.78 Å². The number of Topliss-reactive ketones (excluding diaryl/α,β-unsaturated/α-hetero) is 1. The van der Waals surface area contributed by atoms with Crippen LogP contribution in [0.5, 0.6) is 0 Å². The predicted octanol–water partition coefficient (Wildman–Crippen LogP) is 2.77. The van der Waals surface area contributed by atoms with Gasteiger partial charge in [0.25, 0.3) is 0 Å². The van der Waals surface area contributed by atoms with Crippen molar-refractivity contribution in [3.63, 3.8) is 0 Å². The highest BCUT2D eigenvalue weighted by molar-refractivity contribution is 6.33. The van der Waals surface area contributed by atoms with Crippen molar-refractivity contribution in [2.75, 3.05) is 5.32 Å². The normalized spacial score (nSPS) is 16.7. The Kier molecular flexibility index (Phi) is 3.48. The number of rotatable bonds is 2. The summed E-state index contributed by atoms with van der Waals surface area (Å²) in [6.07, 6.45) is 2.16. The Labute approximate surface area is 105 Å². The summed E-state index contributed by atoms with van der Waals surface area (Å²) in [5.41, 5.74) is 2.44. The van der Waals surface area contributed by atoms with E-state index in [4.69, 9.17) is 11.6 Å². The average molecular weight is 252 g/mol. The third-order valence-corrected chi connectivity index (χ3v) is 3.07. The maximum Gasteiger partial charge on any atom is 0.224 e. The molecule has 2 rings (SSSR count). The van der Waals surface area contributed by atoms with Gasteiger partial charge in [-0.05, 0) is 43.5 Å². The summed E-state index contributed by atoms with van der Waals surface area (Å²) in [6.45, 7) is 1.66. The summed E-state index contributed by atoms with van der Waals surface area (Å²) in [5.74, 6) is -0.0430. The lowest BCUT2D eigenvalue weighted by molar-refractivity contribution is -0.116. The summed E-state index contributed by atoms with van der Waals surface area (Å²) in [7, 11) is 0. The first-order chi connectivity index (χ1) is 8.08. The molecule has 17 heavy (non-hydrogen) atoms. The molecule has 0 saturated heterocycles. The SMILES string of the molecule is CC(Cl)C(=O)c1ccc2c(c1)CCCC(=O)N2. The highest BCUT2D eigenvalue weighted by atomic mass is 35.5. The Hall–Kier alpha value is -1.35. The second kappa shape index (κ2) is 4.88. The smallest absolute Gasteiger partial charge is 0.224 e. The molecule has 0 saturated carbocycles. The summed E-state index contributed by atoms with van der Waals surface area (Å²) in [5, 5.41) is 2.31. The number of carbonyl (C=O) groups is 2. The van der Waals surface area contributed by atoms with E-state index in [0.29, 0.717) is 12.0 Å². The second-order valence-electron chi connectivity index (χ2n) is 4.25. The molecule has 1 aromatic rings. The van der Waals surface area contributed by atoms with Crippen LogP contribution in [0, 0.1) is 0 Å². The van der Waals surface area contributed by atoms with Gasteiger partial charge in [0.05, 0.1) is 5.38 Å². The lowest BCUT2D eigenvalue weighted by Gasteiger charge is -2.09. The minimum Gasteiger partial charge on any atom is -0.326 e. The average Bonchev–Trinajstić information content (AvgIpc) is 2.47. The van der Waals surface area contributed by atoms with E-state index in [-0.39, 0.29) is 11.7 Å². The van der Waals surface area contributed by atoms with Crippen LogP contribution in [0.1, 0.15) is 35.7 Å². The zero-order valence-corrected chi connectivity index (χ0v) is 10.4. The van der Waals surface area contributed by atoms with E-state index in [1.807, 2.05) is 6.07 Å². The predicted molar refractivity (Wildman–Crippen MR) is 67.7 cm³/mol. The van der Waals surface area contributed by atoms with Crippen molar-refractivity contribution in [1.82, 2.24) is 0 Å². The number of anilines is 1. The molecule has 1 aliphatic heterocycles. The van der Waals surface area contributed by atoms with Gasteiger partial charge in [-0.25, -0.2) is 0 Å². The van der Waals surface area contributed by atoms with Crippen LogP contribution < -0.4 is 5.32 Å². The van der Waals surface area contributed by atoms with Gasteiger partial charge in [-0.15, -0.1) is 11.6 Å². The summed E-state index contributed by atoms with van der Waals surface area (Å²) < 4.78 is 0. The van der Waals surface area contributed by atoms with Gasteiger partial charge in [-0.1, -0.05) is 0 Å². The maximum atomic E-state index is 11.8. The van der Waals surface area contributed by atoms with Gasteiger partial charge >= 0.3 is 0 Å². The molecule has 1 N–H and O–H groups in total. The van der Waals surface area contributed by atoms with Crippen LogP contribution in [0.2, 0.25) is 0 Å². The molecule has 0 fully saturated rings. The number of alkyl halides is 1. The topological polar surface area (TPSA) is 46.2 Å². The van der Waals surface area contributed by atoms with Crippen molar-refractivity contribution in [2.45, 2.75) is 31.6 Å². The fourth-order valence-corrected chi connectivity index (χ4v) is 2.08. The number of hydrogen-bond acceptors (Lipinski definition) is 2. The second-order valence-corrected chi connectivity index (χ2v) is 4.91. The molecule has 0 aliphatic carbocycles. The zero-order valence-electron chi connectivity index (χ0n) is 9.63. The number of nitrogens with one attached hydrogen (secondary N) is 1. The molecule has 90 valence electrons. The third-order valence-electron chi connectivity index (χ3n) is 2.88. The Bertz CT molecular complexity index is 468. The lowest BCUT2D eigenvalue weighted by atomic mass is 10.0. The number of aryl methyl sites for hydroxylation is 1. The molecule has 0 bridgehead atoms. The lowest BCUT2D eigenvalue weighted by Crippen LogP contribution is -2.12. The van der Waals surface area contributed by atoms with E-state index in [2.05, 4.69) is 5.32 Å². The van der Waals surface area contributed by atoms with E-state index < -0.39 is 5.38 Å². The van der Waals surface area contributed by atoms with Crippen LogP contribution in [-0.2, 0) is 11.2 Å². The van der Waals surface area contributed by atoms with Crippen LogP contribution in [0.3, 0.4) is 0 Å². The molecular formula is C13H14ClNO2. The maximum absolute atomic E-state index is 11.8. The van der Waals surface area contributed by atoms with Gasteiger partial charge in [-0.2, -0.15) is 0 Å². The standard InChI is InChI=1S/C13H14ClNO2/c1-8(14)13(17)10-5-6-11-9(7-10)3-2-4-12(16)15-11/h5-8H,2-4H2,1H3,(H,15,16). The molecule has 1 heterocycles. The van der Waals surface area contributed by atoms with E-state index in [0.717, 1.165) is 24.1 Å². The molecule has 4 heteroatoms. The molecule has 0 radical (unpaired) electrons. The Morgan fingerprint density at radius 2 is 2.18 bits per heavy atom. The Morgan fingerprint density at radius 1 is 1.41 bits per heavy atom. The van der Waals surface area contributed by atoms with Crippen LogP contribution in [0.4, 0.5) is 5.69 Å². The largest absolute Gasteiger partial charge is 0.326 e. The monoisotopic (exact) mass is 251 g/mol. The zero-order chi connectivity index (χ0) is 12.4. The molecule has 0 spiro atoms. The number of benzene rings is 1. The van der Waals surface area contributed by atoms with Crippen LogP contribution in [0.25, 0.3) is 0 Å². The number of hydrogen-bond donors (Lipinski definition) is 1. The number of amides is 1. The first kappa shape index (κ1) is 12.1. The van der Waals surface area contributed by atoms with Crippen molar-refractivity contribution < 1.29 is 9.59 Å². The number of halogens is 1. The Morgan fingerprint density at radius 3 is 2.88 bits per heavy atom. The summed E-state index contributed by atoms with van der Waals surface area (Å²) in [6, 6.07) is 5.33. The third kappa shape index (κ3) is 2.67. The summed E-state index contributed by atoms with van der Waals surface area (Å²) >= 11 is 5.78. The van der Waals surface area contributed by atoms with Crippen LogP contribution in [0.15, 0.2) is 18.2 Å². The molecule has 1 unspecified atom stereocenters. The quantitative estimate of drug-likeness (QED) is 0.649. The summed E-state index contributed by atoms with van der Waals surface area (Å²) in [4.78, 5) is 23.1. The van der Waals surface area contributed by atoms with E-state index in [9.17, 15) is 9.59 Å². The fourth-order valence-electron chi connectivity index (χ4n) is 1.96. The van der Waals surface area contributed by atoms with Gasteiger partial charge in [0.1, 0.15) is 0 Å². The molecule has 1 amide bonds. The number of carbonyl (C=O) groups excluding carboxylic acids is 2. The highest BCUT2D eigenvalue weighted by Crippen LogP contribution is 2.24. The van der Waals surface area contributed by atoms with Gasteiger partial charge < -0.3 is 5.32 Å². The fraction of sp³-hybridized carbons (Fsp3) is 0.385. The Balaban J connectivity index is 2.34. The first-order valence-electron chi connectivity index (χ1n) is 5.69. The highest BCUT2D eigenvalue weighted by Gasteiger charge is 2.17. The first-order valence-corrected chi connectivity index (χ1v) is 6.12. The van der Waals surface area contributed by atoms with E-state index in [1.165, 1.54) is 0 Å². The van der Waals surface area contributed by atoms with Crippen molar-refractivity contribution >= 4 is 29.0 Å². The molecule has 1 aliphatic rings. The van der Waals surface area contributed by atoms with Gasteiger partial charge in [-0.3, -0.25) is 9.59 Å². The minimum atomic E-state index is -0.520. The molecule has 1 atom stereocenters. The van der Waals surface area contributed by atoms with Crippen LogP contribution in [-0.4, -0.2) is 17.1 Å². The molecule has 0 aromatic heterocycles. The van der Waals surface area contributed by atoms with Gasteiger partial charge in [0.2, 0.25) is 5.91 Å². The van der Waals surface area contributed by atoms with Gasteiger partial charge in [0, 0.05) is 17.7 Å². The van der Waals surface area contributed by atoms with Crippen LogP contribution >= 0.6 is 11.6 Å². The molecule has 3 nitrogen and oxygen atoms in total. The minimum absolute atomic E-state index is 0.0357. The number of fused-ring (bicyclic) bond motifs is 1. The molecular weight excluding hydrogens is 238 g/mol. The number of ketones is 1. The van der Waals surface area contributed by atoms with Crippen molar-refractivity contribution in [1.29, 1.82) is 0 Å². The van der Waals surface area contributed by atoms with E-state index >= 15 is 0 Å². The van der Waals surface area contributed by atoms with Crippen molar-refractivity contribution in [3.8, 4) is 0 Å². The van der Waals surface area contributed by atoms with Crippen molar-refractivity contribution in [2.24, 2.45) is 0 Å².